The van der Waals surface area contributed by atoms with Crippen LogP contribution >= 0.6 is 15.9 Å². The predicted octanol–water partition coefficient (Wildman–Crippen LogP) is 12.1. The van der Waals surface area contributed by atoms with Crippen LogP contribution in [0.3, 0.4) is 0 Å². The van der Waals surface area contributed by atoms with E-state index in [1.807, 2.05) is 69.1 Å². The highest BCUT2D eigenvalue weighted by Gasteiger charge is 2.52. The van der Waals surface area contributed by atoms with Gasteiger partial charge in [-0.1, -0.05) is 135 Å². The minimum Gasteiger partial charge on any atom is -0.497 e. The second kappa shape index (κ2) is 20.4. The topological polar surface area (TPSA) is 83.5 Å². The Morgan fingerprint density at radius 3 is 2.07 bits per heavy atom. The van der Waals surface area contributed by atoms with E-state index in [9.17, 15) is 9.90 Å². The van der Waals surface area contributed by atoms with Crippen LogP contribution in [0.4, 0.5) is 0 Å². The number of carbonyl (C=O) groups excluding carboxylic acids is 1. The Kier molecular flexibility index (Phi) is 18.4. The number of ether oxygens (including phenoxy) is 3. The number of hydrogen-bond donors (Lipinski definition) is 1. The summed E-state index contributed by atoms with van der Waals surface area (Å²) in [5.74, 6) is -1.17. The Labute approximate surface area is 340 Å². The summed E-state index contributed by atoms with van der Waals surface area (Å²) in [5.41, 5.74) is 2.22. The summed E-state index contributed by atoms with van der Waals surface area (Å²) in [6, 6.07) is 7.81. The molecular weight excluding hydrogens is 777 g/mol. The smallest absolute Gasteiger partial charge is 0.200 e. The third-order valence-electron chi connectivity index (χ3n) is 12.2. The molecule has 5 atom stereocenters. The van der Waals surface area contributed by atoms with Gasteiger partial charge in [0.25, 0.3) is 0 Å². The molecule has 0 bridgehead atoms. The minimum absolute atomic E-state index is 0.0467. The quantitative estimate of drug-likeness (QED) is 0.0795. The molecule has 0 aliphatic carbocycles. The fourth-order valence-corrected chi connectivity index (χ4v) is 14.6. The van der Waals surface area contributed by atoms with Crippen molar-refractivity contribution in [2.75, 3.05) is 13.7 Å². The lowest BCUT2D eigenvalue weighted by Gasteiger charge is -2.49. The number of carbonyl (C=O) groups is 1. The first kappa shape index (κ1) is 48.8. The van der Waals surface area contributed by atoms with Crippen LogP contribution in [0.5, 0.6) is 5.75 Å². The number of hydrogen-bond acceptors (Lipinski definition) is 7. The highest BCUT2D eigenvalue weighted by Crippen LogP contribution is 2.46. The molecule has 1 aliphatic rings. The SMILES string of the molecule is COc1ccc(CO[C@@H]2C[C@H](C(C)(C)C(=O)/C=C(\C)C[C@H](/C=C/C=C/Br)O[Si](C)(C)C(C)(C)C)O[C@](O)([C@H](C)CO[Si](C(C)C)(C(C)C)C(C)C)C2)cc1. The average molecular weight is 852 g/mol. The molecule has 1 aliphatic heterocycles. The van der Waals surface area contributed by atoms with Gasteiger partial charge in [0, 0.05) is 25.4 Å². The van der Waals surface area contributed by atoms with Gasteiger partial charge in [-0.3, -0.25) is 4.79 Å². The molecule has 0 saturated carbocycles. The van der Waals surface area contributed by atoms with E-state index in [1.54, 1.807) is 13.2 Å². The molecule has 7 nitrogen and oxygen atoms in total. The van der Waals surface area contributed by atoms with Crippen molar-refractivity contribution < 1.29 is 33.0 Å². The van der Waals surface area contributed by atoms with E-state index in [4.69, 9.17) is 23.1 Å². The first-order chi connectivity index (χ1) is 24.9. The van der Waals surface area contributed by atoms with Crippen LogP contribution in [0.2, 0.25) is 34.8 Å². The van der Waals surface area contributed by atoms with Crippen molar-refractivity contribution >= 4 is 38.3 Å². The zero-order valence-electron chi connectivity index (χ0n) is 36.5. The predicted molar refractivity (Wildman–Crippen MR) is 233 cm³/mol. The van der Waals surface area contributed by atoms with Gasteiger partial charge in [0.05, 0.1) is 37.4 Å². The fourth-order valence-electron chi connectivity index (χ4n) is 7.59. The highest BCUT2D eigenvalue weighted by atomic mass is 79.9. The molecule has 308 valence electrons. The van der Waals surface area contributed by atoms with Gasteiger partial charge >= 0.3 is 0 Å². The Morgan fingerprint density at radius 2 is 1.57 bits per heavy atom. The van der Waals surface area contributed by atoms with Crippen molar-refractivity contribution in [1.29, 1.82) is 0 Å². The fraction of sp³-hybridized carbons (Fsp3) is 0.705. The highest BCUT2D eigenvalue weighted by molar-refractivity contribution is 9.11. The van der Waals surface area contributed by atoms with Crippen LogP contribution in [0, 0.1) is 11.3 Å². The second-order valence-corrected chi connectivity index (χ2v) is 29.3. The lowest BCUT2D eigenvalue weighted by Crippen LogP contribution is -2.57. The molecule has 1 saturated heterocycles. The van der Waals surface area contributed by atoms with E-state index < -0.39 is 33.9 Å². The van der Waals surface area contributed by atoms with Crippen LogP contribution < -0.4 is 4.74 Å². The van der Waals surface area contributed by atoms with E-state index in [-0.39, 0.29) is 35.4 Å². The zero-order chi connectivity index (χ0) is 41.3. The van der Waals surface area contributed by atoms with Crippen molar-refractivity contribution in [2.45, 2.75) is 175 Å². The van der Waals surface area contributed by atoms with Crippen molar-refractivity contribution in [3.05, 3.63) is 64.7 Å². The van der Waals surface area contributed by atoms with Crippen LogP contribution in [0.15, 0.2) is 59.1 Å². The molecule has 1 aromatic carbocycles. The maximum Gasteiger partial charge on any atom is 0.200 e. The van der Waals surface area contributed by atoms with Crippen molar-refractivity contribution in [3.8, 4) is 5.75 Å². The summed E-state index contributed by atoms with van der Waals surface area (Å²) < 4.78 is 32.4. The summed E-state index contributed by atoms with van der Waals surface area (Å²) in [5, 5.41) is 12.5. The lowest BCUT2D eigenvalue weighted by molar-refractivity contribution is -0.315. The van der Waals surface area contributed by atoms with Gasteiger partial charge in [-0.25, -0.2) is 0 Å². The third kappa shape index (κ3) is 12.8. The Bertz CT molecular complexity index is 1390. The summed E-state index contributed by atoms with van der Waals surface area (Å²) in [7, 11) is -2.63. The van der Waals surface area contributed by atoms with E-state index in [0.29, 0.717) is 42.7 Å². The summed E-state index contributed by atoms with van der Waals surface area (Å²) in [6.07, 6.45) is 7.96. The Hall–Kier alpha value is -1.38. The molecule has 0 aromatic heterocycles. The maximum atomic E-state index is 14.3. The normalized spacial score (nSPS) is 22.2. The molecule has 1 fully saturated rings. The molecule has 0 spiro atoms. The van der Waals surface area contributed by atoms with Crippen molar-refractivity contribution in [3.63, 3.8) is 0 Å². The Morgan fingerprint density at radius 1 is 1.00 bits per heavy atom. The van der Waals surface area contributed by atoms with Crippen LogP contribution in [-0.2, 0) is 29.7 Å². The first-order valence-electron chi connectivity index (χ1n) is 20.0. The van der Waals surface area contributed by atoms with E-state index in [2.05, 4.69) is 97.4 Å². The molecule has 2 rings (SSSR count). The van der Waals surface area contributed by atoms with Gasteiger partial charge in [0.1, 0.15) is 5.75 Å². The molecule has 10 heteroatoms. The van der Waals surface area contributed by atoms with Crippen LogP contribution in [0.25, 0.3) is 0 Å². The largest absolute Gasteiger partial charge is 0.497 e. The third-order valence-corrected chi connectivity index (χ3v) is 23.0. The summed E-state index contributed by atoms with van der Waals surface area (Å²) in [4.78, 5) is 16.1. The molecule has 1 N–H and O–H groups in total. The van der Waals surface area contributed by atoms with Gasteiger partial charge < -0.3 is 28.2 Å². The summed E-state index contributed by atoms with van der Waals surface area (Å²) in [6.45, 7) is 33.4. The number of methoxy groups -OCH3 is 1. The van der Waals surface area contributed by atoms with Gasteiger partial charge in [0.2, 0.25) is 0 Å². The van der Waals surface area contributed by atoms with Gasteiger partial charge in [-0.15, -0.1) is 0 Å². The standard InChI is InChI=1S/C44H75BrO7Si2/c1-31(2)54(32(3)4,33(5)6)50-29-35(8)44(47)28-39(49-30-36-20-22-37(48-14)23-21-36)27-41(51-44)43(12,13)40(46)26-34(7)25-38(19-17-18-24-45)52-53(15,16)42(9,10)11/h17-24,26,31-33,35,38-39,41,47H,25,27-30H2,1-16H3/b19-17+,24-18+,34-26+/t35-,38+,39-,41-,44+/m1/s1. The van der Waals surface area contributed by atoms with Gasteiger partial charge in [-0.2, -0.15) is 0 Å². The van der Waals surface area contributed by atoms with Gasteiger partial charge in [0.15, 0.2) is 28.2 Å². The van der Waals surface area contributed by atoms with Gasteiger partial charge in [-0.05, 0) is 76.9 Å². The van der Waals surface area contributed by atoms with Crippen LogP contribution in [-0.4, -0.2) is 65.3 Å². The molecule has 0 radical (unpaired) electrons. The van der Waals surface area contributed by atoms with E-state index in [0.717, 1.165) is 16.9 Å². The van der Waals surface area contributed by atoms with E-state index in [1.165, 1.54) is 0 Å². The van der Waals surface area contributed by atoms with Crippen LogP contribution in [0.1, 0.15) is 115 Å². The number of allylic oxidation sites excluding steroid dienone is 3. The Balaban J connectivity index is 2.43. The zero-order valence-corrected chi connectivity index (χ0v) is 40.1. The molecule has 54 heavy (non-hydrogen) atoms. The number of benzene rings is 1. The lowest BCUT2D eigenvalue weighted by atomic mass is 9.75. The second-order valence-electron chi connectivity index (χ2n) is 18.6. The average Bonchev–Trinajstić information content (AvgIpc) is 3.06. The molecule has 0 amide bonds. The minimum atomic E-state index is -2.20. The number of ketones is 1. The molecular formula is C44H75BrO7Si2. The van der Waals surface area contributed by atoms with Crippen molar-refractivity contribution in [2.24, 2.45) is 11.3 Å². The molecule has 0 unspecified atom stereocenters. The monoisotopic (exact) mass is 850 g/mol. The van der Waals surface area contributed by atoms with Crippen molar-refractivity contribution in [1.82, 2.24) is 0 Å². The molecule has 1 aromatic rings. The summed E-state index contributed by atoms with van der Waals surface area (Å²) >= 11 is 3.35. The number of aliphatic hydroxyl groups is 1. The van der Waals surface area contributed by atoms with E-state index >= 15 is 0 Å². The maximum absolute atomic E-state index is 14.3. The number of rotatable bonds is 20. The number of halogens is 1. The first-order valence-corrected chi connectivity index (χ1v) is 25.9. The molecule has 1 heterocycles.